The van der Waals surface area contributed by atoms with Crippen molar-refractivity contribution in [1.29, 1.82) is 0 Å². The quantitative estimate of drug-likeness (QED) is 0.400. The molecule has 0 saturated carbocycles. The van der Waals surface area contributed by atoms with Crippen LogP contribution < -0.4 is 10.6 Å². The molecule has 9 heteroatoms. The highest BCUT2D eigenvalue weighted by Crippen LogP contribution is 2.26. The number of phenols is 1. The monoisotopic (exact) mass is 495 g/mol. The molecule has 1 aromatic carbocycles. The van der Waals surface area contributed by atoms with Crippen molar-refractivity contribution in [3.8, 4) is 5.75 Å². The Morgan fingerprint density at radius 3 is 2.35 bits per heavy atom. The number of benzene rings is 1. The molecule has 0 aromatic heterocycles. The first-order chi connectivity index (χ1) is 15.9. The summed E-state index contributed by atoms with van der Waals surface area (Å²) in [5.74, 6) is -0.0665. The van der Waals surface area contributed by atoms with E-state index >= 15 is 0 Å². The normalized spacial score (nSPS) is 14.0. The van der Waals surface area contributed by atoms with Gasteiger partial charge in [0.05, 0.1) is 0 Å². The average molecular weight is 496 g/mol. The molecule has 0 saturated heterocycles. The van der Waals surface area contributed by atoms with Crippen molar-refractivity contribution < 1.29 is 24.2 Å². The van der Waals surface area contributed by atoms with Crippen LogP contribution in [0.4, 0.5) is 4.79 Å². The number of carbonyl (C=O) groups excluding carboxylic acids is 3. The maximum absolute atomic E-state index is 13.7. The Kier molecular flexibility index (Phi) is 12.3. The number of amides is 3. The highest BCUT2D eigenvalue weighted by molar-refractivity contribution is 7.98. The Balaban J connectivity index is 3.31. The van der Waals surface area contributed by atoms with Crippen molar-refractivity contribution in [2.24, 2.45) is 0 Å². The summed E-state index contributed by atoms with van der Waals surface area (Å²) >= 11 is 1.56. The average Bonchev–Trinajstić information content (AvgIpc) is 2.73. The molecular weight excluding hydrogens is 454 g/mol. The van der Waals surface area contributed by atoms with Crippen LogP contribution in [-0.4, -0.2) is 64.2 Å². The third-order valence-corrected chi connectivity index (χ3v) is 5.72. The zero-order valence-electron chi connectivity index (χ0n) is 21.5. The van der Waals surface area contributed by atoms with Gasteiger partial charge in [-0.2, -0.15) is 11.8 Å². The summed E-state index contributed by atoms with van der Waals surface area (Å²) < 4.78 is 5.36. The molecular formula is C25H41N3O5S. The topological polar surface area (TPSA) is 108 Å². The molecule has 3 N–H and O–H groups in total. The number of alkyl carbamates (subject to hydrolysis) is 1. The fraction of sp³-hybridized carbons (Fsp3) is 0.640. The van der Waals surface area contributed by atoms with Gasteiger partial charge in [0.1, 0.15) is 23.4 Å². The van der Waals surface area contributed by atoms with Gasteiger partial charge >= 0.3 is 6.09 Å². The van der Waals surface area contributed by atoms with Gasteiger partial charge < -0.3 is 25.4 Å². The van der Waals surface area contributed by atoms with Crippen LogP contribution in [0, 0.1) is 0 Å². The van der Waals surface area contributed by atoms with E-state index in [0.29, 0.717) is 17.7 Å². The molecule has 0 spiro atoms. The zero-order valence-corrected chi connectivity index (χ0v) is 22.3. The Morgan fingerprint density at radius 1 is 1.15 bits per heavy atom. The summed E-state index contributed by atoms with van der Waals surface area (Å²) in [5.41, 5.74) is -0.210. The van der Waals surface area contributed by atoms with Crippen LogP contribution in [0.1, 0.15) is 72.4 Å². The Labute approximate surface area is 208 Å². The fourth-order valence-electron chi connectivity index (χ4n) is 3.60. The van der Waals surface area contributed by atoms with Crippen LogP contribution >= 0.6 is 11.8 Å². The summed E-state index contributed by atoms with van der Waals surface area (Å²) in [4.78, 5) is 41.0. The molecule has 34 heavy (non-hydrogen) atoms. The van der Waals surface area contributed by atoms with Crippen LogP contribution in [0.2, 0.25) is 0 Å². The number of aromatic hydroxyl groups is 1. The van der Waals surface area contributed by atoms with E-state index in [-0.39, 0.29) is 30.2 Å². The van der Waals surface area contributed by atoms with Crippen LogP contribution in [0.3, 0.4) is 0 Å². The third-order valence-electron chi connectivity index (χ3n) is 5.08. The minimum absolute atomic E-state index is 0.00576. The van der Waals surface area contributed by atoms with E-state index in [2.05, 4.69) is 10.6 Å². The van der Waals surface area contributed by atoms with Gasteiger partial charge in [0.15, 0.2) is 0 Å². The van der Waals surface area contributed by atoms with E-state index in [9.17, 15) is 19.5 Å². The molecule has 0 radical (unpaired) electrons. The molecule has 0 aliphatic rings. The lowest BCUT2D eigenvalue weighted by molar-refractivity contribution is -0.142. The summed E-state index contributed by atoms with van der Waals surface area (Å²) in [5, 5.41) is 15.7. The van der Waals surface area contributed by atoms with Crippen LogP contribution in [-0.2, 0) is 14.3 Å². The van der Waals surface area contributed by atoms with Gasteiger partial charge in [-0.25, -0.2) is 4.79 Å². The summed E-state index contributed by atoms with van der Waals surface area (Å²) in [6, 6.07) is 4.47. The fourth-order valence-corrected chi connectivity index (χ4v) is 4.07. The number of nitrogens with zero attached hydrogens (tertiary/aromatic N) is 1. The van der Waals surface area contributed by atoms with Crippen molar-refractivity contribution >= 4 is 29.7 Å². The lowest BCUT2D eigenvalue weighted by Gasteiger charge is -2.34. The van der Waals surface area contributed by atoms with Crippen LogP contribution in [0.5, 0.6) is 5.75 Å². The largest absolute Gasteiger partial charge is 0.508 e. The molecule has 0 heterocycles. The second-order valence-corrected chi connectivity index (χ2v) is 10.3. The standard InChI is InChI=1S/C25H41N3O5S/c1-8-11-17(3)26-22(30)21(18-12-10-13-19(29)16-18)28(9-2)23(31)20(14-15-34-7)27-24(32)33-25(4,5)6/h10,12-13,16-17,20-21,29H,8-9,11,14-15H2,1-7H3,(H,26,30)(H,27,32). The highest BCUT2D eigenvalue weighted by atomic mass is 32.2. The number of rotatable bonds is 12. The van der Waals surface area contributed by atoms with E-state index in [1.54, 1.807) is 51.6 Å². The predicted molar refractivity (Wildman–Crippen MR) is 137 cm³/mol. The smallest absolute Gasteiger partial charge is 0.408 e. The highest BCUT2D eigenvalue weighted by Gasteiger charge is 2.35. The molecule has 8 nitrogen and oxygen atoms in total. The maximum Gasteiger partial charge on any atom is 0.408 e. The molecule has 0 fully saturated rings. The first-order valence-corrected chi connectivity index (χ1v) is 13.2. The number of hydrogen-bond acceptors (Lipinski definition) is 6. The summed E-state index contributed by atoms with van der Waals surface area (Å²) in [7, 11) is 0. The van der Waals surface area contributed by atoms with E-state index in [4.69, 9.17) is 4.74 Å². The van der Waals surface area contributed by atoms with Gasteiger partial charge in [0, 0.05) is 12.6 Å². The SMILES string of the molecule is CCCC(C)NC(=O)C(c1cccc(O)c1)N(CC)C(=O)C(CCSC)NC(=O)OC(C)(C)C. The first kappa shape index (κ1) is 29.6. The maximum atomic E-state index is 13.7. The van der Waals surface area contributed by atoms with Gasteiger partial charge in [-0.3, -0.25) is 9.59 Å². The second-order valence-electron chi connectivity index (χ2n) is 9.30. The Bertz CT molecular complexity index is 812. The zero-order chi connectivity index (χ0) is 25.9. The number of phenolic OH excluding ortho intramolecular Hbond substituents is 1. The Hall–Kier alpha value is -2.42. The number of ether oxygens (including phenoxy) is 1. The minimum Gasteiger partial charge on any atom is -0.508 e. The van der Waals surface area contributed by atoms with Gasteiger partial charge in [-0.05, 0) is 77.2 Å². The van der Waals surface area contributed by atoms with Crippen LogP contribution in [0.15, 0.2) is 24.3 Å². The van der Waals surface area contributed by atoms with E-state index in [1.807, 2.05) is 20.1 Å². The number of carbonyl (C=O) groups is 3. The van der Waals surface area contributed by atoms with Gasteiger partial charge in [0.25, 0.3) is 0 Å². The van der Waals surface area contributed by atoms with Crippen molar-refractivity contribution in [1.82, 2.24) is 15.5 Å². The molecule has 1 rings (SSSR count). The molecule has 3 atom stereocenters. The molecule has 192 valence electrons. The number of nitrogens with one attached hydrogen (secondary N) is 2. The molecule has 3 unspecified atom stereocenters. The molecule has 0 bridgehead atoms. The van der Waals surface area contributed by atoms with Gasteiger partial charge in [-0.15, -0.1) is 0 Å². The molecule has 3 amide bonds. The van der Waals surface area contributed by atoms with Crippen molar-refractivity contribution in [2.75, 3.05) is 18.6 Å². The lowest BCUT2D eigenvalue weighted by Crippen LogP contribution is -2.53. The van der Waals surface area contributed by atoms with Crippen LogP contribution in [0.25, 0.3) is 0 Å². The number of thioether (sulfide) groups is 1. The third kappa shape index (κ3) is 9.83. The minimum atomic E-state index is -0.957. The second kappa shape index (κ2) is 14.1. The van der Waals surface area contributed by atoms with Crippen molar-refractivity contribution in [2.45, 2.75) is 84.5 Å². The van der Waals surface area contributed by atoms with Crippen molar-refractivity contribution in [3.05, 3.63) is 29.8 Å². The van der Waals surface area contributed by atoms with Crippen molar-refractivity contribution in [3.63, 3.8) is 0 Å². The molecule has 1 aromatic rings. The van der Waals surface area contributed by atoms with E-state index < -0.39 is 23.8 Å². The number of hydrogen-bond donors (Lipinski definition) is 3. The number of likely N-dealkylation sites (N-methyl/N-ethyl adjacent to an activating group) is 1. The van der Waals surface area contributed by atoms with Gasteiger partial charge in [0.2, 0.25) is 11.8 Å². The summed E-state index contributed by atoms with van der Waals surface area (Å²) in [6.07, 6.45) is 3.33. The van der Waals surface area contributed by atoms with E-state index in [0.717, 1.165) is 12.8 Å². The Morgan fingerprint density at radius 2 is 1.82 bits per heavy atom. The predicted octanol–water partition coefficient (Wildman–Crippen LogP) is 4.23. The first-order valence-electron chi connectivity index (χ1n) is 11.8. The van der Waals surface area contributed by atoms with Gasteiger partial charge in [-0.1, -0.05) is 25.5 Å². The summed E-state index contributed by atoms with van der Waals surface area (Å²) in [6.45, 7) is 11.2. The van der Waals surface area contributed by atoms with E-state index in [1.165, 1.54) is 17.0 Å². The molecule has 0 aliphatic carbocycles. The molecule has 0 aliphatic heterocycles. The lowest BCUT2D eigenvalue weighted by atomic mass is 10.0.